The van der Waals surface area contributed by atoms with Gasteiger partial charge >= 0.3 is 6.18 Å². The summed E-state index contributed by atoms with van der Waals surface area (Å²) >= 11 is 2.88. The zero-order valence-corrected chi connectivity index (χ0v) is 12.2. The third-order valence-electron chi connectivity index (χ3n) is 3.17. The van der Waals surface area contributed by atoms with E-state index in [2.05, 4.69) is 21.2 Å². The van der Waals surface area contributed by atoms with E-state index in [0.29, 0.717) is 0 Å². The number of carbonyl (C=O) groups excluding carboxylic acids is 1. The van der Waals surface area contributed by atoms with Crippen LogP contribution in [0.4, 0.5) is 18.9 Å². The summed E-state index contributed by atoms with van der Waals surface area (Å²) in [6.07, 6.45) is -2.44. The van der Waals surface area contributed by atoms with Gasteiger partial charge in [0.25, 0.3) is 0 Å². The zero-order valence-electron chi connectivity index (χ0n) is 10.6. The number of alkyl halides is 3. The first-order valence-corrected chi connectivity index (χ1v) is 7.05. The second kappa shape index (κ2) is 6.03. The second-order valence-electron chi connectivity index (χ2n) is 4.63. The van der Waals surface area contributed by atoms with Gasteiger partial charge in [0.05, 0.1) is 12.1 Å². The molecule has 0 aliphatic carbocycles. The number of nitrogens with zero attached hydrogens (tertiary/aromatic N) is 1. The predicted molar refractivity (Wildman–Crippen MR) is 73.4 cm³/mol. The van der Waals surface area contributed by atoms with Crippen molar-refractivity contribution in [2.45, 2.75) is 19.0 Å². The number of carbonyl (C=O) groups is 1. The van der Waals surface area contributed by atoms with Crippen LogP contribution in [-0.2, 0) is 11.0 Å². The number of rotatable bonds is 3. The SMILES string of the molecule is O=C(CNc1ccc(Br)c(C(F)(F)F)c1)N1CCCC1. The Bertz CT molecular complexity index is 499. The van der Waals surface area contributed by atoms with E-state index < -0.39 is 11.7 Å². The van der Waals surface area contributed by atoms with Crippen LogP contribution in [0.3, 0.4) is 0 Å². The third-order valence-corrected chi connectivity index (χ3v) is 3.87. The molecular formula is C13H14BrF3N2O. The average Bonchev–Trinajstić information content (AvgIpc) is 2.90. The summed E-state index contributed by atoms with van der Waals surface area (Å²) in [7, 11) is 0. The molecule has 1 aliphatic heterocycles. The molecule has 1 N–H and O–H groups in total. The minimum Gasteiger partial charge on any atom is -0.376 e. The fraction of sp³-hybridized carbons (Fsp3) is 0.462. The average molecular weight is 351 g/mol. The molecule has 1 aromatic carbocycles. The molecule has 1 aromatic rings. The minimum absolute atomic E-state index is 0.0126. The molecule has 7 heteroatoms. The number of hydrogen-bond acceptors (Lipinski definition) is 2. The van der Waals surface area contributed by atoms with E-state index in [1.54, 1.807) is 4.90 Å². The summed E-state index contributed by atoms with van der Waals surface area (Å²) < 4.78 is 38.2. The van der Waals surface area contributed by atoms with E-state index in [9.17, 15) is 18.0 Å². The van der Waals surface area contributed by atoms with Crippen LogP contribution in [0.5, 0.6) is 0 Å². The highest BCUT2D eigenvalue weighted by Crippen LogP contribution is 2.36. The lowest BCUT2D eigenvalue weighted by Crippen LogP contribution is -2.33. The van der Waals surface area contributed by atoms with Gasteiger partial charge in [-0.1, -0.05) is 15.9 Å². The van der Waals surface area contributed by atoms with Crippen LogP contribution in [0, 0.1) is 0 Å². The predicted octanol–water partition coefficient (Wildman–Crippen LogP) is 3.50. The summed E-state index contributed by atoms with van der Waals surface area (Å²) in [5.74, 6) is -0.0843. The van der Waals surface area contributed by atoms with Crippen LogP contribution in [0.15, 0.2) is 22.7 Å². The smallest absolute Gasteiger partial charge is 0.376 e. The van der Waals surface area contributed by atoms with Crippen LogP contribution in [0.2, 0.25) is 0 Å². The Hall–Kier alpha value is -1.24. The van der Waals surface area contributed by atoms with Crippen LogP contribution < -0.4 is 5.32 Å². The lowest BCUT2D eigenvalue weighted by Gasteiger charge is -2.17. The molecule has 1 saturated heterocycles. The number of amides is 1. The van der Waals surface area contributed by atoms with Gasteiger partial charge in [-0.05, 0) is 31.0 Å². The van der Waals surface area contributed by atoms with Crippen molar-refractivity contribution in [3.8, 4) is 0 Å². The van der Waals surface area contributed by atoms with Gasteiger partial charge in [0, 0.05) is 23.2 Å². The maximum Gasteiger partial charge on any atom is 0.417 e. The topological polar surface area (TPSA) is 32.3 Å². The standard InChI is InChI=1S/C13H14BrF3N2O/c14-11-4-3-9(7-10(11)13(15,16)17)18-8-12(20)19-5-1-2-6-19/h3-4,7,18H,1-2,5-6,8H2. The highest BCUT2D eigenvalue weighted by atomic mass is 79.9. The number of nitrogens with one attached hydrogen (secondary N) is 1. The Balaban J connectivity index is 2.01. The molecule has 20 heavy (non-hydrogen) atoms. The van der Waals surface area contributed by atoms with Crippen molar-refractivity contribution in [3.63, 3.8) is 0 Å². The fourth-order valence-corrected chi connectivity index (χ4v) is 2.58. The molecule has 1 aliphatic rings. The molecule has 0 radical (unpaired) electrons. The van der Waals surface area contributed by atoms with E-state index >= 15 is 0 Å². The zero-order chi connectivity index (χ0) is 14.8. The lowest BCUT2D eigenvalue weighted by molar-refractivity contribution is -0.138. The molecule has 0 atom stereocenters. The molecule has 3 nitrogen and oxygen atoms in total. The van der Waals surface area contributed by atoms with Crippen molar-refractivity contribution in [1.29, 1.82) is 0 Å². The van der Waals surface area contributed by atoms with Crippen molar-refractivity contribution in [2.75, 3.05) is 25.0 Å². The Morgan fingerprint density at radius 1 is 1.30 bits per heavy atom. The van der Waals surface area contributed by atoms with Gasteiger partial charge in [-0.15, -0.1) is 0 Å². The minimum atomic E-state index is -4.42. The quantitative estimate of drug-likeness (QED) is 0.904. The fourth-order valence-electron chi connectivity index (χ4n) is 2.11. The molecule has 2 rings (SSSR count). The monoisotopic (exact) mass is 350 g/mol. The van der Waals surface area contributed by atoms with Crippen molar-refractivity contribution in [2.24, 2.45) is 0 Å². The summed E-state index contributed by atoms with van der Waals surface area (Å²) in [4.78, 5) is 13.5. The molecule has 1 amide bonds. The highest BCUT2D eigenvalue weighted by molar-refractivity contribution is 9.10. The number of likely N-dealkylation sites (tertiary alicyclic amines) is 1. The van der Waals surface area contributed by atoms with Crippen molar-refractivity contribution in [3.05, 3.63) is 28.2 Å². The van der Waals surface area contributed by atoms with Crippen LogP contribution in [0.1, 0.15) is 18.4 Å². The van der Waals surface area contributed by atoms with E-state index in [1.165, 1.54) is 12.1 Å². The highest BCUT2D eigenvalue weighted by Gasteiger charge is 2.33. The van der Waals surface area contributed by atoms with Gasteiger partial charge in [-0.25, -0.2) is 0 Å². The Morgan fingerprint density at radius 3 is 2.55 bits per heavy atom. The molecular weight excluding hydrogens is 337 g/mol. The number of halogens is 4. The molecule has 0 spiro atoms. The first kappa shape index (κ1) is 15.2. The maximum absolute atomic E-state index is 12.7. The molecule has 1 heterocycles. The van der Waals surface area contributed by atoms with Crippen LogP contribution >= 0.6 is 15.9 Å². The van der Waals surface area contributed by atoms with Gasteiger partial charge in [-0.2, -0.15) is 13.2 Å². The van der Waals surface area contributed by atoms with Crippen molar-refractivity contribution >= 4 is 27.5 Å². The second-order valence-corrected chi connectivity index (χ2v) is 5.49. The van der Waals surface area contributed by atoms with Crippen LogP contribution in [0.25, 0.3) is 0 Å². The first-order chi connectivity index (χ1) is 9.38. The van der Waals surface area contributed by atoms with Gasteiger partial charge in [0.15, 0.2) is 0 Å². The van der Waals surface area contributed by atoms with Gasteiger partial charge in [0.2, 0.25) is 5.91 Å². The van der Waals surface area contributed by atoms with E-state index in [-0.39, 0.29) is 22.6 Å². The number of benzene rings is 1. The third kappa shape index (κ3) is 3.65. The van der Waals surface area contributed by atoms with E-state index in [0.717, 1.165) is 32.0 Å². The lowest BCUT2D eigenvalue weighted by atomic mass is 10.2. The first-order valence-electron chi connectivity index (χ1n) is 6.26. The molecule has 0 bridgehead atoms. The van der Waals surface area contributed by atoms with E-state index in [4.69, 9.17) is 0 Å². The summed E-state index contributed by atoms with van der Waals surface area (Å²) in [6.45, 7) is 1.47. The molecule has 0 saturated carbocycles. The van der Waals surface area contributed by atoms with Gasteiger partial charge < -0.3 is 10.2 Å². The van der Waals surface area contributed by atoms with Crippen LogP contribution in [-0.4, -0.2) is 30.4 Å². The van der Waals surface area contributed by atoms with Crippen molar-refractivity contribution in [1.82, 2.24) is 4.90 Å². The largest absolute Gasteiger partial charge is 0.417 e. The Morgan fingerprint density at radius 2 is 1.95 bits per heavy atom. The molecule has 0 unspecified atom stereocenters. The molecule has 110 valence electrons. The normalized spacial score (nSPS) is 15.5. The number of anilines is 1. The maximum atomic E-state index is 12.7. The summed E-state index contributed by atoms with van der Waals surface area (Å²) in [5.41, 5.74) is -0.468. The van der Waals surface area contributed by atoms with Gasteiger partial charge in [-0.3, -0.25) is 4.79 Å². The Kier molecular flexibility index (Phi) is 4.57. The number of hydrogen-bond donors (Lipinski definition) is 1. The van der Waals surface area contributed by atoms with E-state index in [1.807, 2.05) is 0 Å². The van der Waals surface area contributed by atoms with Crippen molar-refractivity contribution < 1.29 is 18.0 Å². The summed E-state index contributed by atoms with van der Waals surface area (Å²) in [6, 6.07) is 3.84. The molecule has 0 aromatic heterocycles. The van der Waals surface area contributed by atoms with Gasteiger partial charge in [0.1, 0.15) is 0 Å². The Labute approximate surface area is 123 Å². The summed E-state index contributed by atoms with van der Waals surface area (Å²) in [5, 5.41) is 2.75. The molecule has 1 fully saturated rings.